The number of benzene rings is 2. The van der Waals surface area contributed by atoms with Crippen LogP contribution in [0.2, 0.25) is 0 Å². The van der Waals surface area contributed by atoms with Gasteiger partial charge in [-0.3, -0.25) is 0 Å². The van der Waals surface area contributed by atoms with Crippen LogP contribution in [-0.4, -0.2) is 0 Å². The first-order valence-corrected chi connectivity index (χ1v) is 5.12. The molecule has 0 spiro atoms. The maximum atomic E-state index is 8.96. The summed E-state index contributed by atoms with van der Waals surface area (Å²) in [5, 5.41) is 12.2. The van der Waals surface area contributed by atoms with E-state index in [-0.39, 0.29) is 0 Å². The van der Waals surface area contributed by atoms with E-state index in [1.54, 1.807) is 6.07 Å². The normalized spacial score (nSPS) is 9.50. The van der Waals surface area contributed by atoms with Gasteiger partial charge in [0.2, 0.25) is 0 Å². The number of nitrogens with zero attached hydrogens (tertiary/aromatic N) is 1. The van der Waals surface area contributed by atoms with Crippen molar-refractivity contribution in [2.75, 3.05) is 5.32 Å². The second-order valence-electron chi connectivity index (χ2n) is 3.65. The monoisotopic (exact) mass is 208 g/mol. The van der Waals surface area contributed by atoms with E-state index in [0.717, 1.165) is 11.4 Å². The van der Waals surface area contributed by atoms with Gasteiger partial charge in [-0.05, 0) is 36.8 Å². The molecule has 0 aromatic heterocycles. The Morgan fingerprint density at radius 3 is 2.62 bits per heavy atom. The molecule has 0 unspecified atom stereocenters. The maximum absolute atomic E-state index is 8.96. The van der Waals surface area contributed by atoms with Crippen molar-refractivity contribution in [3.05, 3.63) is 59.7 Å². The first-order valence-electron chi connectivity index (χ1n) is 5.12. The molecule has 0 heterocycles. The van der Waals surface area contributed by atoms with Gasteiger partial charge < -0.3 is 5.32 Å². The molecule has 0 aliphatic carbocycles. The Kier molecular flexibility index (Phi) is 2.88. The topological polar surface area (TPSA) is 35.8 Å². The van der Waals surface area contributed by atoms with Gasteiger partial charge in [0.1, 0.15) is 6.07 Å². The number of nitrogens with one attached hydrogen (secondary N) is 1. The molecule has 78 valence electrons. The van der Waals surface area contributed by atoms with E-state index >= 15 is 0 Å². The van der Waals surface area contributed by atoms with Crippen molar-refractivity contribution in [3.8, 4) is 6.07 Å². The predicted molar refractivity (Wildman–Crippen MR) is 65.6 cm³/mol. The van der Waals surface area contributed by atoms with Gasteiger partial charge in [-0.15, -0.1) is 0 Å². The summed E-state index contributed by atoms with van der Waals surface area (Å²) in [6.45, 7) is 2.04. The quantitative estimate of drug-likeness (QED) is 0.818. The zero-order valence-electron chi connectivity index (χ0n) is 9.07. The van der Waals surface area contributed by atoms with Crippen LogP contribution in [0.4, 0.5) is 11.4 Å². The van der Waals surface area contributed by atoms with Crippen LogP contribution in [0.15, 0.2) is 48.5 Å². The third-order valence-electron chi connectivity index (χ3n) is 2.34. The Labute approximate surface area is 95.2 Å². The molecule has 0 amide bonds. The van der Waals surface area contributed by atoms with Crippen LogP contribution in [0.5, 0.6) is 0 Å². The fourth-order valence-electron chi connectivity index (χ4n) is 1.57. The summed E-state index contributed by atoms with van der Waals surface area (Å²) in [4.78, 5) is 0. The van der Waals surface area contributed by atoms with Crippen molar-refractivity contribution in [2.45, 2.75) is 6.92 Å². The van der Waals surface area contributed by atoms with Crippen molar-refractivity contribution in [1.29, 1.82) is 5.26 Å². The molecule has 0 saturated heterocycles. The molecule has 0 aliphatic heterocycles. The summed E-state index contributed by atoms with van der Waals surface area (Å²) in [5.41, 5.74) is 3.70. The van der Waals surface area contributed by atoms with Crippen LogP contribution in [-0.2, 0) is 0 Å². The number of aryl methyl sites for hydroxylation is 1. The second-order valence-corrected chi connectivity index (χ2v) is 3.65. The van der Waals surface area contributed by atoms with E-state index in [4.69, 9.17) is 5.26 Å². The molecule has 2 aromatic rings. The lowest BCUT2D eigenvalue weighted by atomic mass is 10.1. The van der Waals surface area contributed by atoms with Crippen LogP contribution >= 0.6 is 0 Å². The zero-order valence-corrected chi connectivity index (χ0v) is 9.07. The summed E-state index contributed by atoms with van der Waals surface area (Å²) in [7, 11) is 0. The molecule has 2 nitrogen and oxygen atoms in total. The lowest BCUT2D eigenvalue weighted by molar-refractivity contribution is 1.43. The van der Waals surface area contributed by atoms with Gasteiger partial charge in [0.25, 0.3) is 0 Å². The van der Waals surface area contributed by atoms with Crippen LogP contribution in [0.25, 0.3) is 0 Å². The Balaban J connectivity index is 2.31. The number of rotatable bonds is 2. The molecule has 2 aromatic carbocycles. The number of nitriles is 1. The molecule has 1 N–H and O–H groups in total. The Bertz CT molecular complexity index is 538. The molecule has 0 aliphatic rings. The lowest BCUT2D eigenvalue weighted by Gasteiger charge is -2.08. The van der Waals surface area contributed by atoms with Gasteiger partial charge in [0.05, 0.1) is 11.3 Å². The largest absolute Gasteiger partial charge is 0.354 e. The van der Waals surface area contributed by atoms with Crippen molar-refractivity contribution >= 4 is 11.4 Å². The average Bonchev–Trinajstić information content (AvgIpc) is 2.30. The predicted octanol–water partition coefficient (Wildman–Crippen LogP) is 3.61. The molecule has 0 saturated carbocycles. The molecule has 0 fully saturated rings. The number of para-hydroxylation sites is 1. The standard InChI is InChI=1S/C14H12N2/c1-11-5-4-7-13(9-11)16-14-8-3-2-6-12(14)10-15/h2-9,16H,1H3. The smallest absolute Gasteiger partial charge is 0.101 e. The fourth-order valence-corrected chi connectivity index (χ4v) is 1.57. The van der Waals surface area contributed by atoms with Crippen molar-refractivity contribution in [2.24, 2.45) is 0 Å². The number of anilines is 2. The highest BCUT2D eigenvalue weighted by molar-refractivity contribution is 5.66. The van der Waals surface area contributed by atoms with E-state index in [1.165, 1.54) is 5.56 Å². The maximum Gasteiger partial charge on any atom is 0.101 e. The lowest BCUT2D eigenvalue weighted by Crippen LogP contribution is -1.93. The molecular weight excluding hydrogens is 196 g/mol. The van der Waals surface area contributed by atoms with E-state index in [2.05, 4.69) is 11.4 Å². The van der Waals surface area contributed by atoms with Crippen molar-refractivity contribution in [1.82, 2.24) is 0 Å². The minimum absolute atomic E-state index is 0.656. The second kappa shape index (κ2) is 4.50. The Hall–Kier alpha value is -2.27. The highest BCUT2D eigenvalue weighted by Crippen LogP contribution is 2.20. The number of hydrogen-bond donors (Lipinski definition) is 1. The molecule has 0 atom stereocenters. The highest BCUT2D eigenvalue weighted by Gasteiger charge is 2.00. The van der Waals surface area contributed by atoms with Gasteiger partial charge in [0.15, 0.2) is 0 Å². The van der Waals surface area contributed by atoms with Crippen LogP contribution in [0.3, 0.4) is 0 Å². The van der Waals surface area contributed by atoms with Crippen molar-refractivity contribution < 1.29 is 0 Å². The molecule has 16 heavy (non-hydrogen) atoms. The average molecular weight is 208 g/mol. The van der Waals surface area contributed by atoms with E-state index in [0.29, 0.717) is 5.56 Å². The van der Waals surface area contributed by atoms with Gasteiger partial charge in [0, 0.05) is 5.69 Å². The SMILES string of the molecule is Cc1cccc(Nc2ccccc2C#N)c1. The number of hydrogen-bond acceptors (Lipinski definition) is 2. The minimum Gasteiger partial charge on any atom is -0.354 e. The molecule has 2 heteroatoms. The van der Waals surface area contributed by atoms with E-state index in [1.807, 2.05) is 49.4 Å². The fraction of sp³-hybridized carbons (Fsp3) is 0.0714. The Morgan fingerprint density at radius 1 is 1.06 bits per heavy atom. The zero-order chi connectivity index (χ0) is 11.4. The van der Waals surface area contributed by atoms with Gasteiger partial charge in [-0.1, -0.05) is 24.3 Å². The first-order chi connectivity index (χ1) is 7.79. The van der Waals surface area contributed by atoms with Crippen molar-refractivity contribution in [3.63, 3.8) is 0 Å². The third-order valence-corrected chi connectivity index (χ3v) is 2.34. The van der Waals surface area contributed by atoms with E-state index < -0.39 is 0 Å². The summed E-state index contributed by atoms with van der Waals surface area (Å²) in [6, 6.07) is 17.7. The molecule has 2 rings (SSSR count). The van der Waals surface area contributed by atoms with Gasteiger partial charge in [-0.2, -0.15) is 5.26 Å². The first kappa shape index (κ1) is 10.3. The van der Waals surface area contributed by atoms with E-state index in [9.17, 15) is 0 Å². The molecule has 0 bridgehead atoms. The molecule has 0 radical (unpaired) electrons. The summed E-state index contributed by atoms with van der Waals surface area (Å²) in [6.07, 6.45) is 0. The molecular formula is C14H12N2. The summed E-state index contributed by atoms with van der Waals surface area (Å²) >= 11 is 0. The Morgan fingerprint density at radius 2 is 1.88 bits per heavy atom. The van der Waals surface area contributed by atoms with Gasteiger partial charge >= 0.3 is 0 Å². The van der Waals surface area contributed by atoms with Crippen LogP contribution in [0, 0.1) is 18.3 Å². The minimum atomic E-state index is 0.656. The van der Waals surface area contributed by atoms with Crippen LogP contribution in [0.1, 0.15) is 11.1 Å². The third kappa shape index (κ3) is 2.21. The highest BCUT2D eigenvalue weighted by atomic mass is 14.9. The van der Waals surface area contributed by atoms with Crippen LogP contribution < -0.4 is 5.32 Å². The van der Waals surface area contributed by atoms with Gasteiger partial charge in [-0.25, -0.2) is 0 Å². The summed E-state index contributed by atoms with van der Waals surface area (Å²) in [5.74, 6) is 0. The summed E-state index contributed by atoms with van der Waals surface area (Å²) < 4.78 is 0.